The number of rotatable bonds is 5. The van der Waals surface area contributed by atoms with Gasteiger partial charge in [0, 0.05) is 17.4 Å². The van der Waals surface area contributed by atoms with E-state index in [-0.39, 0.29) is 5.75 Å². The Morgan fingerprint density at radius 1 is 1.09 bits per heavy atom. The van der Waals surface area contributed by atoms with Crippen LogP contribution in [0.15, 0.2) is 60.8 Å². The maximum Gasteiger partial charge on any atom is 0.236 e. The van der Waals surface area contributed by atoms with Gasteiger partial charge >= 0.3 is 0 Å². The van der Waals surface area contributed by atoms with Gasteiger partial charge < -0.3 is 0 Å². The molecule has 3 rings (SSSR count). The van der Waals surface area contributed by atoms with Gasteiger partial charge in [-0.25, -0.2) is 8.42 Å². The Balaban J connectivity index is 1.79. The maximum atomic E-state index is 12.3. The van der Waals surface area contributed by atoms with E-state index in [0.717, 1.165) is 22.4 Å². The minimum absolute atomic E-state index is 0.0526. The highest BCUT2D eigenvalue weighted by molar-refractivity contribution is 7.91. The van der Waals surface area contributed by atoms with Crippen LogP contribution in [0.3, 0.4) is 0 Å². The summed E-state index contributed by atoms with van der Waals surface area (Å²) >= 11 is 0. The lowest BCUT2D eigenvalue weighted by Crippen LogP contribution is -2.15. The van der Waals surface area contributed by atoms with Crippen LogP contribution in [0, 0.1) is 6.92 Å². The van der Waals surface area contributed by atoms with Gasteiger partial charge in [0.25, 0.3) is 0 Å². The second kappa shape index (κ2) is 6.26. The molecule has 6 heteroatoms. The molecule has 0 fully saturated rings. The fraction of sp³-hybridized carbons (Fsp3) is 0.118. The van der Waals surface area contributed by atoms with Crippen LogP contribution in [-0.4, -0.2) is 18.6 Å². The molecule has 0 radical (unpaired) electrons. The molecule has 2 aromatic carbocycles. The number of anilines is 1. The highest BCUT2D eigenvalue weighted by Gasteiger charge is 2.12. The highest BCUT2D eigenvalue weighted by atomic mass is 32.2. The lowest BCUT2D eigenvalue weighted by atomic mass is 10.1. The number of nitrogens with one attached hydrogen (secondary N) is 2. The average molecular weight is 327 g/mol. The number of hydrogen-bond donors (Lipinski definition) is 2. The van der Waals surface area contributed by atoms with Gasteiger partial charge in [0.15, 0.2) is 0 Å². The molecule has 0 atom stereocenters. The zero-order chi connectivity index (χ0) is 16.3. The van der Waals surface area contributed by atoms with Crippen molar-refractivity contribution < 1.29 is 8.42 Å². The summed E-state index contributed by atoms with van der Waals surface area (Å²) in [6.45, 7) is 1.94. The van der Waals surface area contributed by atoms with E-state index in [1.807, 2.05) is 43.3 Å². The molecule has 0 unspecified atom stereocenters. The van der Waals surface area contributed by atoms with Gasteiger partial charge in [-0.3, -0.25) is 9.82 Å². The van der Waals surface area contributed by atoms with Gasteiger partial charge in [-0.05, 0) is 30.7 Å². The molecule has 0 aliphatic heterocycles. The molecule has 1 aromatic heterocycles. The van der Waals surface area contributed by atoms with Crippen molar-refractivity contribution in [2.24, 2.45) is 0 Å². The summed E-state index contributed by atoms with van der Waals surface area (Å²) < 4.78 is 27.3. The first kappa shape index (κ1) is 15.3. The van der Waals surface area contributed by atoms with E-state index in [4.69, 9.17) is 0 Å². The zero-order valence-electron chi connectivity index (χ0n) is 12.7. The third kappa shape index (κ3) is 3.98. The van der Waals surface area contributed by atoms with E-state index in [0.29, 0.717) is 5.69 Å². The normalized spacial score (nSPS) is 11.3. The SMILES string of the molecule is Cc1cccc(CS(=O)(=O)Nc2cccc(-c3ccn[nH]3)c2)c1. The van der Waals surface area contributed by atoms with Gasteiger partial charge in [-0.2, -0.15) is 5.10 Å². The minimum atomic E-state index is -3.47. The van der Waals surface area contributed by atoms with E-state index in [9.17, 15) is 8.42 Å². The molecule has 0 saturated heterocycles. The Kier molecular flexibility index (Phi) is 4.16. The van der Waals surface area contributed by atoms with Gasteiger partial charge in [0.1, 0.15) is 0 Å². The second-order valence-corrected chi connectivity index (χ2v) is 7.12. The van der Waals surface area contributed by atoms with Crippen LogP contribution < -0.4 is 4.72 Å². The molecule has 3 aromatic rings. The van der Waals surface area contributed by atoms with E-state index in [1.165, 1.54) is 0 Å². The Morgan fingerprint density at radius 3 is 2.65 bits per heavy atom. The number of benzene rings is 2. The summed E-state index contributed by atoms with van der Waals surface area (Å²) in [7, 11) is -3.47. The summed E-state index contributed by atoms with van der Waals surface area (Å²) in [5.74, 6) is -0.0526. The monoisotopic (exact) mass is 327 g/mol. The van der Waals surface area contributed by atoms with E-state index in [2.05, 4.69) is 14.9 Å². The predicted octanol–water partition coefficient (Wildman–Crippen LogP) is 3.33. The standard InChI is InChI=1S/C17H17N3O2S/c1-13-4-2-5-14(10-13)12-23(21,22)20-16-7-3-6-15(11-16)17-8-9-18-19-17/h2-11,20H,12H2,1H3,(H,18,19). The molecule has 0 aliphatic rings. The van der Waals surface area contributed by atoms with Crippen LogP contribution in [0.5, 0.6) is 0 Å². The summed E-state index contributed by atoms with van der Waals surface area (Å²) in [6, 6.07) is 16.5. The minimum Gasteiger partial charge on any atom is -0.283 e. The summed E-state index contributed by atoms with van der Waals surface area (Å²) in [5, 5.41) is 6.77. The lowest BCUT2D eigenvalue weighted by Gasteiger charge is -2.09. The molecular formula is C17H17N3O2S. The molecule has 0 amide bonds. The highest BCUT2D eigenvalue weighted by Crippen LogP contribution is 2.21. The zero-order valence-corrected chi connectivity index (χ0v) is 13.5. The van der Waals surface area contributed by atoms with Crippen molar-refractivity contribution in [3.63, 3.8) is 0 Å². The molecule has 2 N–H and O–H groups in total. The summed E-state index contributed by atoms with van der Waals surface area (Å²) in [5.41, 5.74) is 4.05. The van der Waals surface area contributed by atoms with Crippen molar-refractivity contribution in [2.75, 3.05) is 4.72 Å². The molecule has 0 spiro atoms. The molecule has 5 nitrogen and oxygen atoms in total. The first-order valence-corrected chi connectivity index (χ1v) is 8.83. The molecule has 0 bridgehead atoms. The molecule has 0 saturated carbocycles. The van der Waals surface area contributed by atoms with Crippen molar-refractivity contribution >= 4 is 15.7 Å². The van der Waals surface area contributed by atoms with Crippen LogP contribution in [0.1, 0.15) is 11.1 Å². The van der Waals surface area contributed by atoms with Gasteiger partial charge in [0.2, 0.25) is 10.0 Å². The molecule has 118 valence electrons. The number of aromatic nitrogens is 2. The van der Waals surface area contributed by atoms with Crippen molar-refractivity contribution in [2.45, 2.75) is 12.7 Å². The molecule has 23 heavy (non-hydrogen) atoms. The molecule has 1 heterocycles. The summed E-state index contributed by atoms with van der Waals surface area (Å²) in [4.78, 5) is 0. The Bertz CT molecular complexity index is 903. The predicted molar refractivity (Wildman–Crippen MR) is 91.4 cm³/mol. The first-order valence-electron chi connectivity index (χ1n) is 7.18. The number of aromatic amines is 1. The topological polar surface area (TPSA) is 74.8 Å². The van der Waals surface area contributed by atoms with E-state index in [1.54, 1.807) is 24.4 Å². The molecular weight excluding hydrogens is 310 g/mol. The van der Waals surface area contributed by atoms with Crippen LogP contribution in [-0.2, 0) is 15.8 Å². The van der Waals surface area contributed by atoms with Crippen molar-refractivity contribution in [3.05, 3.63) is 71.9 Å². The number of nitrogens with zero attached hydrogens (tertiary/aromatic N) is 1. The third-order valence-electron chi connectivity index (χ3n) is 3.39. The van der Waals surface area contributed by atoms with Crippen LogP contribution in [0.4, 0.5) is 5.69 Å². The maximum absolute atomic E-state index is 12.3. The van der Waals surface area contributed by atoms with Crippen molar-refractivity contribution in [1.29, 1.82) is 0 Å². The first-order chi connectivity index (χ1) is 11.0. The van der Waals surface area contributed by atoms with E-state index >= 15 is 0 Å². The van der Waals surface area contributed by atoms with Gasteiger partial charge in [-0.1, -0.05) is 42.0 Å². The van der Waals surface area contributed by atoms with Crippen LogP contribution in [0.2, 0.25) is 0 Å². The Labute approximate surface area is 135 Å². The number of sulfonamides is 1. The number of hydrogen-bond acceptors (Lipinski definition) is 3. The third-order valence-corrected chi connectivity index (χ3v) is 4.65. The van der Waals surface area contributed by atoms with Crippen molar-refractivity contribution in [1.82, 2.24) is 10.2 Å². The fourth-order valence-electron chi connectivity index (χ4n) is 2.40. The van der Waals surface area contributed by atoms with Crippen LogP contribution in [0.25, 0.3) is 11.3 Å². The smallest absolute Gasteiger partial charge is 0.236 e. The Morgan fingerprint density at radius 2 is 1.91 bits per heavy atom. The summed E-state index contributed by atoms with van der Waals surface area (Å²) in [6.07, 6.45) is 1.66. The molecule has 0 aliphatic carbocycles. The fourth-order valence-corrected chi connectivity index (χ4v) is 3.58. The van der Waals surface area contributed by atoms with E-state index < -0.39 is 10.0 Å². The number of H-pyrrole nitrogens is 1. The second-order valence-electron chi connectivity index (χ2n) is 5.40. The van der Waals surface area contributed by atoms with Crippen LogP contribution >= 0.6 is 0 Å². The van der Waals surface area contributed by atoms with Gasteiger partial charge in [0.05, 0.1) is 11.4 Å². The quantitative estimate of drug-likeness (QED) is 0.755. The lowest BCUT2D eigenvalue weighted by molar-refractivity contribution is 0.600. The largest absolute Gasteiger partial charge is 0.283 e. The average Bonchev–Trinajstić information content (AvgIpc) is 3.00. The van der Waals surface area contributed by atoms with Crippen molar-refractivity contribution in [3.8, 4) is 11.3 Å². The Hall–Kier alpha value is -2.60. The van der Waals surface area contributed by atoms with Gasteiger partial charge in [-0.15, -0.1) is 0 Å². The number of aryl methyl sites for hydroxylation is 1.